The maximum absolute atomic E-state index is 11.5. The van der Waals surface area contributed by atoms with E-state index in [4.69, 9.17) is 4.18 Å². The molecule has 16 heavy (non-hydrogen) atoms. The molecule has 1 aromatic rings. The van der Waals surface area contributed by atoms with E-state index in [-0.39, 0.29) is 0 Å². The van der Waals surface area contributed by atoms with E-state index >= 15 is 0 Å². The van der Waals surface area contributed by atoms with Crippen LogP contribution in [0.15, 0.2) is 35.7 Å². The van der Waals surface area contributed by atoms with Gasteiger partial charge in [-0.1, -0.05) is 30.3 Å². The number of rotatable bonds is 3. The van der Waals surface area contributed by atoms with Crippen molar-refractivity contribution in [3.8, 4) is 0 Å². The molecule has 0 aliphatic rings. The molecule has 0 spiro atoms. The van der Waals surface area contributed by atoms with Crippen molar-refractivity contribution in [3.05, 3.63) is 41.3 Å². The summed E-state index contributed by atoms with van der Waals surface area (Å²) < 4.78 is 28.0. The molecule has 0 atom stereocenters. The van der Waals surface area contributed by atoms with Crippen LogP contribution in [0.25, 0.3) is 6.08 Å². The second-order valence-corrected chi connectivity index (χ2v) is 5.83. The van der Waals surface area contributed by atoms with Gasteiger partial charge in [0.2, 0.25) is 0 Å². The van der Waals surface area contributed by atoms with Crippen molar-refractivity contribution < 1.29 is 12.6 Å². The van der Waals surface area contributed by atoms with Gasteiger partial charge in [-0.3, -0.25) is 4.18 Å². The lowest BCUT2D eigenvalue weighted by molar-refractivity contribution is 0.142. The lowest BCUT2D eigenvalue weighted by atomic mass is 10.2. The van der Waals surface area contributed by atoms with Gasteiger partial charge in [0.25, 0.3) is 10.1 Å². The Kier molecular flexibility index (Phi) is 3.88. The molecule has 0 radical (unpaired) electrons. The Morgan fingerprint density at radius 1 is 1.12 bits per heavy atom. The van der Waals surface area contributed by atoms with Crippen LogP contribution in [-0.4, -0.2) is 14.0 Å². The second kappa shape index (κ2) is 4.80. The summed E-state index contributed by atoms with van der Waals surface area (Å²) in [7, 11) is -3.62. The van der Waals surface area contributed by atoms with Crippen molar-refractivity contribution >= 4 is 16.2 Å². The highest BCUT2D eigenvalue weighted by Gasteiger charge is 2.19. The minimum Gasteiger partial charge on any atom is -0.261 e. The smallest absolute Gasteiger partial charge is 0.261 e. The highest BCUT2D eigenvalue weighted by molar-refractivity contribution is 7.89. The summed E-state index contributed by atoms with van der Waals surface area (Å²) in [4.78, 5) is 0. The third-order valence-corrected chi connectivity index (χ3v) is 2.79. The molecule has 0 unspecified atom stereocenters. The fraction of sp³-hybridized carbons (Fsp3) is 0.333. The van der Waals surface area contributed by atoms with E-state index in [1.54, 1.807) is 20.8 Å². The van der Waals surface area contributed by atoms with Gasteiger partial charge in [0, 0.05) is 0 Å². The lowest BCUT2D eigenvalue weighted by Gasteiger charge is -2.16. The summed E-state index contributed by atoms with van der Waals surface area (Å²) in [5.41, 5.74) is 0.114. The van der Waals surface area contributed by atoms with E-state index in [9.17, 15) is 8.42 Å². The molecule has 0 saturated carbocycles. The Morgan fingerprint density at radius 2 is 1.69 bits per heavy atom. The Hall–Kier alpha value is -1.13. The maximum atomic E-state index is 11.5. The molecule has 0 N–H and O–H groups in total. The fourth-order valence-electron chi connectivity index (χ4n) is 1.10. The molecule has 1 rings (SSSR count). The summed E-state index contributed by atoms with van der Waals surface area (Å²) in [5.74, 6) is 0. The summed E-state index contributed by atoms with van der Waals surface area (Å²) in [6, 6.07) is 9.21. The zero-order chi connectivity index (χ0) is 12.2. The van der Waals surface area contributed by atoms with E-state index in [1.807, 2.05) is 30.3 Å². The first-order valence-corrected chi connectivity index (χ1v) is 6.44. The monoisotopic (exact) mass is 240 g/mol. The van der Waals surface area contributed by atoms with E-state index in [2.05, 4.69) is 0 Å². The third-order valence-electron chi connectivity index (χ3n) is 1.59. The van der Waals surface area contributed by atoms with Crippen molar-refractivity contribution in [2.75, 3.05) is 0 Å². The molecule has 0 aliphatic heterocycles. The zero-order valence-corrected chi connectivity index (χ0v) is 10.5. The average molecular weight is 240 g/mol. The summed E-state index contributed by atoms with van der Waals surface area (Å²) in [5, 5.41) is 1.08. The fourth-order valence-corrected chi connectivity index (χ4v) is 2.18. The van der Waals surface area contributed by atoms with Gasteiger partial charge >= 0.3 is 0 Å². The minimum atomic E-state index is -3.62. The van der Waals surface area contributed by atoms with Crippen LogP contribution in [0.5, 0.6) is 0 Å². The van der Waals surface area contributed by atoms with E-state index in [0.29, 0.717) is 0 Å². The summed E-state index contributed by atoms with van der Waals surface area (Å²) in [6.45, 7) is 5.09. The minimum absolute atomic E-state index is 0.708. The van der Waals surface area contributed by atoms with Crippen LogP contribution >= 0.6 is 0 Å². The Balaban J connectivity index is 2.78. The van der Waals surface area contributed by atoms with Crippen molar-refractivity contribution in [2.24, 2.45) is 0 Å². The largest absolute Gasteiger partial charge is 0.290 e. The quantitative estimate of drug-likeness (QED) is 0.763. The van der Waals surface area contributed by atoms with Gasteiger partial charge in [0.1, 0.15) is 0 Å². The molecule has 0 saturated heterocycles. The predicted octanol–water partition coefficient (Wildman–Crippen LogP) is 2.80. The average Bonchev–Trinajstić information content (AvgIpc) is 2.13. The molecular weight excluding hydrogens is 224 g/mol. The predicted molar refractivity (Wildman–Crippen MR) is 65.2 cm³/mol. The van der Waals surface area contributed by atoms with Gasteiger partial charge in [-0.05, 0) is 32.4 Å². The van der Waals surface area contributed by atoms with Crippen molar-refractivity contribution in [1.29, 1.82) is 0 Å². The van der Waals surface area contributed by atoms with Crippen LogP contribution in [-0.2, 0) is 14.3 Å². The van der Waals surface area contributed by atoms with Crippen LogP contribution in [0.3, 0.4) is 0 Å². The zero-order valence-electron chi connectivity index (χ0n) is 9.67. The van der Waals surface area contributed by atoms with Crippen molar-refractivity contribution in [3.63, 3.8) is 0 Å². The first-order valence-electron chi connectivity index (χ1n) is 4.97. The van der Waals surface area contributed by atoms with E-state index < -0.39 is 15.7 Å². The Labute approximate surface area is 96.9 Å². The van der Waals surface area contributed by atoms with Crippen LogP contribution in [0.4, 0.5) is 0 Å². The van der Waals surface area contributed by atoms with Crippen molar-refractivity contribution in [1.82, 2.24) is 0 Å². The molecule has 1 aromatic carbocycles. The molecule has 0 bridgehead atoms. The highest BCUT2D eigenvalue weighted by atomic mass is 32.2. The number of benzene rings is 1. The number of hydrogen-bond acceptors (Lipinski definition) is 3. The molecule has 3 nitrogen and oxygen atoms in total. The topological polar surface area (TPSA) is 43.4 Å². The van der Waals surface area contributed by atoms with Gasteiger partial charge in [-0.25, -0.2) is 0 Å². The Bertz CT molecular complexity index is 453. The van der Waals surface area contributed by atoms with E-state index in [0.717, 1.165) is 11.0 Å². The van der Waals surface area contributed by atoms with Gasteiger partial charge in [-0.2, -0.15) is 8.42 Å². The molecule has 0 heterocycles. The van der Waals surface area contributed by atoms with Crippen molar-refractivity contribution in [2.45, 2.75) is 26.4 Å². The van der Waals surface area contributed by atoms with Crippen LogP contribution in [0.1, 0.15) is 26.3 Å². The van der Waals surface area contributed by atoms with Gasteiger partial charge in [0.15, 0.2) is 0 Å². The summed E-state index contributed by atoms with van der Waals surface area (Å²) in [6.07, 6.45) is 1.51. The molecule has 0 aromatic heterocycles. The van der Waals surface area contributed by atoms with Crippen LogP contribution < -0.4 is 0 Å². The second-order valence-electron chi connectivity index (χ2n) is 4.40. The van der Waals surface area contributed by atoms with Gasteiger partial charge in [0.05, 0.1) is 11.0 Å². The first kappa shape index (κ1) is 12.9. The third kappa shape index (κ3) is 5.09. The van der Waals surface area contributed by atoms with E-state index in [1.165, 1.54) is 6.08 Å². The van der Waals surface area contributed by atoms with Gasteiger partial charge < -0.3 is 0 Å². The normalized spacial score (nSPS) is 13.2. The molecular formula is C12H16O3S. The SMILES string of the molecule is CC(C)(C)OS(=O)(=O)C=Cc1ccccc1. The molecule has 88 valence electrons. The summed E-state index contributed by atoms with van der Waals surface area (Å²) >= 11 is 0. The maximum Gasteiger partial charge on any atom is 0.290 e. The molecule has 4 heteroatoms. The van der Waals surface area contributed by atoms with Crippen LogP contribution in [0, 0.1) is 0 Å². The molecule has 0 amide bonds. The molecule has 0 fully saturated rings. The van der Waals surface area contributed by atoms with Crippen LogP contribution in [0.2, 0.25) is 0 Å². The Morgan fingerprint density at radius 3 is 2.19 bits per heavy atom. The standard InChI is InChI=1S/C12H16O3S/c1-12(2,3)15-16(13,14)10-9-11-7-5-4-6-8-11/h4-10H,1-3H3. The van der Waals surface area contributed by atoms with Gasteiger partial charge in [-0.15, -0.1) is 0 Å². The first-order chi connectivity index (χ1) is 7.29. The highest BCUT2D eigenvalue weighted by Crippen LogP contribution is 2.14. The molecule has 0 aliphatic carbocycles. The number of hydrogen-bond donors (Lipinski definition) is 0. The lowest BCUT2D eigenvalue weighted by Crippen LogP contribution is -2.22.